The lowest BCUT2D eigenvalue weighted by Gasteiger charge is -2.38. The van der Waals surface area contributed by atoms with Gasteiger partial charge in [-0.15, -0.1) is 0 Å². The van der Waals surface area contributed by atoms with Gasteiger partial charge in [-0.05, 0) is 30.7 Å². The summed E-state index contributed by atoms with van der Waals surface area (Å²) in [6.45, 7) is 10.4. The first-order chi connectivity index (χ1) is 15.3. The van der Waals surface area contributed by atoms with Crippen LogP contribution in [0, 0.1) is 0 Å². The molecule has 0 bridgehead atoms. The number of anilines is 2. The Bertz CT molecular complexity index is 874. The third-order valence-corrected chi connectivity index (χ3v) is 5.88. The highest BCUT2D eigenvalue weighted by Gasteiger charge is 2.21. The van der Waals surface area contributed by atoms with Gasteiger partial charge in [0.25, 0.3) is 0 Å². The van der Waals surface area contributed by atoms with Crippen LogP contribution in [0.3, 0.4) is 0 Å². The number of morpholine rings is 1. The first-order valence-electron chi connectivity index (χ1n) is 11.2. The lowest BCUT2D eigenvalue weighted by atomic mass is 10.1. The molecule has 0 aliphatic carbocycles. The van der Waals surface area contributed by atoms with Crippen LogP contribution < -0.4 is 15.1 Å². The minimum absolute atomic E-state index is 0.344. The van der Waals surface area contributed by atoms with Crippen LogP contribution >= 0.6 is 0 Å². The molecule has 2 N–H and O–H groups in total. The summed E-state index contributed by atoms with van der Waals surface area (Å²) in [7, 11) is 0. The number of phenolic OH excluding ortho intramolecular Hbond substituents is 1. The van der Waals surface area contributed by atoms with Crippen molar-refractivity contribution < 1.29 is 9.84 Å². The van der Waals surface area contributed by atoms with Crippen LogP contribution in [-0.4, -0.2) is 75.0 Å². The van der Waals surface area contributed by atoms with Crippen LogP contribution in [0.4, 0.5) is 11.4 Å². The van der Waals surface area contributed by atoms with Gasteiger partial charge in [-0.3, -0.25) is 0 Å². The summed E-state index contributed by atoms with van der Waals surface area (Å²) in [5.74, 6) is 1.30. The van der Waals surface area contributed by atoms with E-state index in [0.717, 1.165) is 70.7 Å². The third-order valence-electron chi connectivity index (χ3n) is 5.88. The molecule has 4 rings (SSSR count). The number of benzene rings is 2. The monoisotopic (exact) mass is 423 g/mol. The fourth-order valence-corrected chi connectivity index (χ4v) is 4.23. The summed E-state index contributed by atoms with van der Waals surface area (Å²) in [6, 6.07) is 16.1. The average molecular weight is 424 g/mol. The molecule has 2 fully saturated rings. The van der Waals surface area contributed by atoms with Crippen molar-refractivity contribution in [2.45, 2.75) is 13.5 Å². The number of rotatable bonds is 5. The largest absolute Gasteiger partial charge is 0.506 e. The van der Waals surface area contributed by atoms with E-state index in [1.165, 1.54) is 11.3 Å². The molecule has 166 valence electrons. The van der Waals surface area contributed by atoms with Crippen LogP contribution in [0.1, 0.15) is 12.5 Å². The number of ether oxygens (including phenoxy) is 1. The summed E-state index contributed by atoms with van der Waals surface area (Å²) in [5.41, 5.74) is 3.41. The minimum atomic E-state index is 0.344. The van der Waals surface area contributed by atoms with Gasteiger partial charge in [0.2, 0.25) is 0 Å². The number of aliphatic imine (C=N–C) groups is 1. The molecule has 0 amide bonds. The molecule has 0 radical (unpaired) electrons. The third kappa shape index (κ3) is 5.22. The van der Waals surface area contributed by atoms with Crippen molar-refractivity contribution in [1.82, 2.24) is 10.2 Å². The predicted octanol–water partition coefficient (Wildman–Crippen LogP) is 2.52. The Morgan fingerprint density at radius 1 is 0.903 bits per heavy atom. The zero-order chi connectivity index (χ0) is 21.5. The summed E-state index contributed by atoms with van der Waals surface area (Å²) in [4.78, 5) is 11.9. The number of aromatic hydroxyl groups is 1. The molecule has 2 aliphatic rings. The van der Waals surface area contributed by atoms with Crippen LogP contribution in [-0.2, 0) is 11.3 Å². The molecular weight excluding hydrogens is 390 g/mol. The molecule has 7 heteroatoms. The topological polar surface area (TPSA) is 63.6 Å². The number of piperazine rings is 1. The molecule has 31 heavy (non-hydrogen) atoms. The number of nitrogens with zero attached hydrogens (tertiary/aromatic N) is 4. The molecule has 2 aliphatic heterocycles. The lowest BCUT2D eigenvalue weighted by Crippen LogP contribution is -2.52. The van der Waals surface area contributed by atoms with Crippen molar-refractivity contribution in [2.24, 2.45) is 4.99 Å². The SMILES string of the molecule is CCNC(=NCc1ccccc1N1CCOCC1)N1CCN(c2ccccc2O)CC1. The van der Waals surface area contributed by atoms with E-state index in [4.69, 9.17) is 9.73 Å². The molecule has 2 aromatic rings. The number of hydrogen-bond acceptors (Lipinski definition) is 5. The predicted molar refractivity (Wildman–Crippen MR) is 126 cm³/mol. The Labute approximate surface area is 184 Å². The molecule has 2 saturated heterocycles. The van der Waals surface area contributed by atoms with Gasteiger partial charge >= 0.3 is 0 Å². The van der Waals surface area contributed by atoms with E-state index in [0.29, 0.717) is 12.3 Å². The maximum Gasteiger partial charge on any atom is 0.194 e. The van der Waals surface area contributed by atoms with Gasteiger partial charge in [-0.1, -0.05) is 30.3 Å². The Hall–Kier alpha value is -2.93. The molecule has 7 nitrogen and oxygen atoms in total. The minimum Gasteiger partial charge on any atom is -0.506 e. The van der Waals surface area contributed by atoms with E-state index in [9.17, 15) is 5.11 Å². The van der Waals surface area contributed by atoms with Crippen molar-refractivity contribution in [2.75, 3.05) is 68.8 Å². The Balaban J connectivity index is 1.43. The van der Waals surface area contributed by atoms with Crippen LogP contribution in [0.25, 0.3) is 0 Å². The number of phenols is 1. The van der Waals surface area contributed by atoms with Gasteiger partial charge in [0.1, 0.15) is 5.75 Å². The normalized spacial score (nSPS) is 17.7. The molecular formula is C24H33N5O2. The second-order valence-electron chi connectivity index (χ2n) is 7.86. The molecule has 2 aromatic carbocycles. The first-order valence-corrected chi connectivity index (χ1v) is 11.2. The number of para-hydroxylation sites is 3. The van der Waals surface area contributed by atoms with Crippen LogP contribution in [0.15, 0.2) is 53.5 Å². The summed E-state index contributed by atoms with van der Waals surface area (Å²) < 4.78 is 5.51. The van der Waals surface area contributed by atoms with Crippen LogP contribution in [0.2, 0.25) is 0 Å². The molecule has 0 spiro atoms. The van der Waals surface area contributed by atoms with Crippen molar-refractivity contribution in [1.29, 1.82) is 0 Å². The van der Waals surface area contributed by atoms with Gasteiger partial charge < -0.3 is 29.9 Å². The van der Waals surface area contributed by atoms with E-state index in [-0.39, 0.29) is 0 Å². The molecule has 0 aromatic heterocycles. The molecule has 0 atom stereocenters. The number of nitrogens with one attached hydrogen (secondary N) is 1. The van der Waals surface area contributed by atoms with Gasteiger partial charge in [0.15, 0.2) is 5.96 Å². The van der Waals surface area contributed by atoms with Crippen molar-refractivity contribution in [3.05, 3.63) is 54.1 Å². The summed E-state index contributed by atoms with van der Waals surface area (Å²) in [6.07, 6.45) is 0. The van der Waals surface area contributed by atoms with Crippen molar-refractivity contribution >= 4 is 17.3 Å². The van der Waals surface area contributed by atoms with Crippen molar-refractivity contribution in [3.63, 3.8) is 0 Å². The maximum absolute atomic E-state index is 10.2. The quantitative estimate of drug-likeness (QED) is 0.569. The van der Waals surface area contributed by atoms with E-state index in [2.05, 4.69) is 51.2 Å². The summed E-state index contributed by atoms with van der Waals surface area (Å²) in [5, 5.41) is 13.6. The maximum atomic E-state index is 10.2. The number of hydrogen-bond donors (Lipinski definition) is 2. The van der Waals surface area contributed by atoms with Crippen LogP contribution in [0.5, 0.6) is 5.75 Å². The smallest absolute Gasteiger partial charge is 0.194 e. The Morgan fingerprint density at radius 2 is 1.55 bits per heavy atom. The Morgan fingerprint density at radius 3 is 2.26 bits per heavy atom. The highest BCUT2D eigenvalue weighted by atomic mass is 16.5. The van der Waals surface area contributed by atoms with E-state index in [1.54, 1.807) is 6.07 Å². The highest BCUT2D eigenvalue weighted by Crippen LogP contribution is 2.27. The molecule has 2 heterocycles. The zero-order valence-corrected chi connectivity index (χ0v) is 18.3. The van der Waals surface area contributed by atoms with E-state index in [1.807, 2.05) is 18.2 Å². The fourth-order valence-electron chi connectivity index (χ4n) is 4.23. The van der Waals surface area contributed by atoms with E-state index >= 15 is 0 Å². The molecule has 0 saturated carbocycles. The fraction of sp³-hybridized carbons (Fsp3) is 0.458. The standard InChI is InChI=1S/C24H33N5O2/c1-2-25-24(29-13-11-27(12-14-29)22-9-5-6-10-23(22)30)26-19-20-7-3-4-8-21(20)28-15-17-31-18-16-28/h3-10,30H,2,11-19H2,1H3,(H,25,26). The van der Waals surface area contributed by atoms with E-state index < -0.39 is 0 Å². The van der Waals surface area contributed by atoms with Gasteiger partial charge in [0, 0.05) is 51.5 Å². The second kappa shape index (κ2) is 10.4. The van der Waals surface area contributed by atoms with Gasteiger partial charge in [-0.2, -0.15) is 0 Å². The van der Waals surface area contributed by atoms with Gasteiger partial charge in [-0.25, -0.2) is 4.99 Å². The lowest BCUT2D eigenvalue weighted by molar-refractivity contribution is 0.122. The first kappa shape index (κ1) is 21.3. The zero-order valence-electron chi connectivity index (χ0n) is 18.3. The van der Waals surface area contributed by atoms with Gasteiger partial charge in [0.05, 0.1) is 25.4 Å². The Kier molecular flexibility index (Phi) is 7.14. The molecule has 0 unspecified atom stereocenters. The van der Waals surface area contributed by atoms with Crippen molar-refractivity contribution in [3.8, 4) is 5.75 Å². The number of guanidine groups is 1. The average Bonchev–Trinajstić information content (AvgIpc) is 2.83. The second-order valence-corrected chi connectivity index (χ2v) is 7.86. The summed E-state index contributed by atoms with van der Waals surface area (Å²) >= 11 is 0. The highest BCUT2D eigenvalue weighted by molar-refractivity contribution is 5.80.